The van der Waals surface area contributed by atoms with E-state index in [4.69, 9.17) is 8.85 Å². The van der Waals surface area contributed by atoms with Crippen LogP contribution in [0.1, 0.15) is 13.3 Å². The Morgan fingerprint density at radius 1 is 1.38 bits per heavy atom. The van der Waals surface area contributed by atoms with Crippen molar-refractivity contribution in [1.82, 2.24) is 0 Å². The number of rotatable bonds is 7. The third-order valence-corrected chi connectivity index (χ3v) is 7.52. The van der Waals surface area contributed by atoms with Gasteiger partial charge in [-0.05, 0) is 45.6 Å². The number of ether oxygens (including phenoxy) is 1. The molecule has 0 saturated carbocycles. The zero-order valence-electron chi connectivity index (χ0n) is 11.1. The summed E-state index contributed by atoms with van der Waals surface area (Å²) in [6.45, 7) is 11.2. The van der Waals surface area contributed by atoms with E-state index in [0.717, 1.165) is 12.5 Å². The average Bonchev–Trinajstić information content (AvgIpc) is 2.10. The molecular formula is C11H24O3Si2. The van der Waals surface area contributed by atoms with Crippen molar-refractivity contribution < 1.29 is 13.6 Å². The Labute approximate surface area is 102 Å². The molecule has 0 spiro atoms. The van der Waals surface area contributed by atoms with Gasteiger partial charge in [-0.25, -0.2) is 4.79 Å². The van der Waals surface area contributed by atoms with Crippen LogP contribution < -0.4 is 0 Å². The summed E-state index contributed by atoms with van der Waals surface area (Å²) in [5.41, 5.74) is 0. The molecule has 0 aromatic rings. The second-order valence-corrected chi connectivity index (χ2v) is 12.2. The number of carbonyl (C=O) groups excluding carboxylic acids is 1. The minimum atomic E-state index is -1.37. The van der Waals surface area contributed by atoms with Gasteiger partial charge in [0.1, 0.15) is 0 Å². The molecule has 16 heavy (non-hydrogen) atoms. The van der Waals surface area contributed by atoms with Gasteiger partial charge in [-0.15, -0.1) is 0 Å². The van der Waals surface area contributed by atoms with Crippen molar-refractivity contribution in [1.29, 1.82) is 0 Å². The first-order chi connectivity index (χ1) is 7.35. The van der Waals surface area contributed by atoms with Crippen LogP contribution in [0.4, 0.5) is 0 Å². The molecule has 1 atom stereocenters. The molecule has 0 aromatic carbocycles. The molecule has 94 valence electrons. The molecule has 0 aliphatic heterocycles. The summed E-state index contributed by atoms with van der Waals surface area (Å²) in [6.07, 6.45) is 4.05. The molecule has 0 radical (unpaired) electrons. The smallest absolute Gasteiger partial charge is 0.330 e. The second-order valence-electron chi connectivity index (χ2n) is 4.85. The molecule has 0 aliphatic rings. The van der Waals surface area contributed by atoms with Crippen molar-refractivity contribution in [2.45, 2.75) is 45.6 Å². The van der Waals surface area contributed by atoms with Crippen molar-refractivity contribution in [2.75, 3.05) is 6.61 Å². The highest BCUT2D eigenvalue weighted by atomic mass is 28.4. The maximum atomic E-state index is 11.0. The van der Waals surface area contributed by atoms with Gasteiger partial charge in [0.25, 0.3) is 0 Å². The van der Waals surface area contributed by atoms with Gasteiger partial charge < -0.3 is 8.85 Å². The molecule has 0 aliphatic carbocycles. The Morgan fingerprint density at radius 2 is 2.00 bits per heavy atom. The Bertz CT molecular complexity index is 234. The minimum absolute atomic E-state index is 0.247. The van der Waals surface area contributed by atoms with Crippen LogP contribution in [0.3, 0.4) is 0 Å². The van der Waals surface area contributed by atoms with Crippen molar-refractivity contribution in [3.63, 3.8) is 0 Å². The zero-order chi connectivity index (χ0) is 12.6. The van der Waals surface area contributed by atoms with Crippen molar-refractivity contribution in [2.24, 2.45) is 0 Å². The molecule has 0 saturated heterocycles. The van der Waals surface area contributed by atoms with Gasteiger partial charge in [0.05, 0.1) is 6.61 Å². The first-order valence-electron chi connectivity index (χ1n) is 5.82. The van der Waals surface area contributed by atoms with E-state index >= 15 is 0 Å². The van der Waals surface area contributed by atoms with Crippen LogP contribution in [0.2, 0.25) is 32.2 Å². The van der Waals surface area contributed by atoms with Crippen LogP contribution >= 0.6 is 0 Å². The summed E-state index contributed by atoms with van der Waals surface area (Å²) in [5, 5.41) is 0. The predicted molar refractivity (Wildman–Crippen MR) is 72.6 cm³/mol. The quantitative estimate of drug-likeness (QED) is 0.305. The van der Waals surface area contributed by atoms with E-state index in [9.17, 15) is 4.79 Å². The fraction of sp³-hybridized carbons (Fsp3) is 0.727. The van der Waals surface area contributed by atoms with Gasteiger partial charge in [0.2, 0.25) is 0 Å². The summed E-state index contributed by atoms with van der Waals surface area (Å²) in [4.78, 5) is 11.0. The van der Waals surface area contributed by atoms with E-state index in [0.29, 0.717) is 6.61 Å². The Kier molecular flexibility index (Phi) is 7.62. The lowest BCUT2D eigenvalue weighted by atomic mass is 10.5. The lowest BCUT2D eigenvalue weighted by Gasteiger charge is -2.22. The van der Waals surface area contributed by atoms with Gasteiger partial charge in [0.15, 0.2) is 17.4 Å². The van der Waals surface area contributed by atoms with E-state index < -0.39 is 17.4 Å². The van der Waals surface area contributed by atoms with Gasteiger partial charge in [-0.2, -0.15) is 0 Å². The molecule has 0 fully saturated rings. The number of hydrogen-bond donors (Lipinski definition) is 0. The van der Waals surface area contributed by atoms with Crippen LogP contribution in [-0.4, -0.2) is 29.9 Å². The van der Waals surface area contributed by atoms with Gasteiger partial charge >= 0.3 is 5.97 Å². The highest BCUT2D eigenvalue weighted by Crippen LogP contribution is 2.09. The van der Waals surface area contributed by atoms with Crippen LogP contribution in [0.5, 0.6) is 0 Å². The third kappa shape index (κ3) is 10.1. The molecular weight excluding hydrogens is 236 g/mol. The highest BCUT2D eigenvalue weighted by molar-refractivity contribution is 6.77. The number of esters is 1. The number of hydrogen-bond acceptors (Lipinski definition) is 3. The van der Waals surface area contributed by atoms with Crippen LogP contribution in [-0.2, 0) is 13.6 Å². The summed E-state index contributed by atoms with van der Waals surface area (Å²) < 4.78 is 11.0. The van der Waals surface area contributed by atoms with Gasteiger partial charge in [-0.1, -0.05) is 6.08 Å². The first kappa shape index (κ1) is 15.6. The van der Waals surface area contributed by atoms with E-state index in [1.807, 2.05) is 0 Å². The highest BCUT2D eigenvalue weighted by Gasteiger charge is 2.18. The standard InChI is InChI=1S/C11H24O3Si2/c1-6-8-11(12)13-9-7-10-15(2)14-16(3,4)5/h6,8,15H,7,9-10H2,1-5H3. The molecule has 0 aromatic heterocycles. The zero-order valence-corrected chi connectivity index (χ0v) is 13.2. The maximum absolute atomic E-state index is 11.0. The largest absolute Gasteiger partial charge is 0.463 e. The average molecular weight is 260 g/mol. The van der Waals surface area contributed by atoms with E-state index in [2.05, 4.69) is 26.2 Å². The number of allylic oxidation sites excluding steroid dienone is 1. The van der Waals surface area contributed by atoms with Crippen molar-refractivity contribution in [3.05, 3.63) is 12.2 Å². The molecule has 1 unspecified atom stereocenters. The normalized spacial score (nSPS) is 14.1. The van der Waals surface area contributed by atoms with Crippen LogP contribution in [0.15, 0.2) is 12.2 Å². The van der Waals surface area contributed by atoms with E-state index in [1.165, 1.54) is 6.08 Å². The molecule has 0 heterocycles. The van der Waals surface area contributed by atoms with Crippen LogP contribution in [0, 0.1) is 0 Å². The fourth-order valence-electron chi connectivity index (χ4n) is 1.39. The molecule has 0 amide bonds. The molecule has 0 N–H and O–H groups in total. The van der Waals surface area contributed by atoms with E-state index in [-0.39, 0.29) is 5.97 Å². The predicted octanol–water partition coefficient (Wildman–Crippen LogP) is 2.70. The minimum Gasteiger partial charge on any atom is -0.463 e. The van der Waals surface area contributed by atoms with Crippen molar-refractivity contribution >= 4 is 23.3 Å². The molecule has 5 heteroatoms. The Morgan fingerprint density at radius 3 is 2.50 bits per heavy atom. The topological polar surface area (TPSA) is 35.5 Å². The lowest BCUT2D eigenvalue weighted by Crippen LogP contribution is -2.33. The molecule has 3 nitrogen and oxygen atoms in total. The Balaban J connectivity index is 3.55. The summed E-state index contributed by atoms with van der Waals surface area (Å²) in [6, 6.07) is 1.08. The number of carbonyl (C=O) groups is 1. The van der Waals surface area contributed by atoms with Crippen molar-refractivity contribution in [3.8, 4) is 0 Å². The summed E-state index contributed by atoms with van der Waals surface area (Å²) in [5.74, 6) is -0.247. The monoisotopic (exact) mass is 260 g/mol. The first-order valence-corrected chi connectivity index (χ1v) is 11.7. The molecule has 0 rings (SSSR count). The third-order valence-electron chi connectivity index (χ3n) is 1.86. The maximum Gasteiger partial charge on any atom is 0.330 e. The van der Waals surface area contributed by atoms with Gasteiger partial charge in [0, 0.05) is 6.08 Å². The fourth-order valence-corrected chi connectivity index (χ4v) is 7.43. The second kappa shape index (κ2) is 7.81. The van der Waals surface area contributed by atoms with Gasteiger partial charge in [-0.3, -0.25) is 0 Å². The Hall–Kier alpha value is -0.396. The summed E-state index contributed by atoms with van der Waals surface area (Å²) >= 11 is 0. The van der Waals surface area contributed by atoms with Crippen LogP contribution in [0.25, 0.3) is 0 Å². The van der Waals surface area contributed by atoms with E-state index in [1.54, 1.807) is 13.0 Å². The summed E-state index contributed by atoms with van der Waals surface area (Å²) in [7, 11) is -2.43. The lowest BCUT2D eigenvalue weighted by molar-refractivity contribution is -0.137. The molecule has 0 bridgehead atoms. The SMILES string of the molecule is CC=CC(=O)OCCC[SiH](C)O[Si](C)(C)C.